The van der Waals surface area contributed by atoms with Gasteiger partial charge in [0.2, 0.25) is 5.91 Å². The van der Waals surface area contributed by atoms with Crippen LogP contribution in [0.4, 0.5) is 0 Å². The molecule has 0 spiro atoms. The number of rotatable bonds is 47. The van der Waals surface area contributed by atoms with Gasteiger partial charge >= 0.3 is 0 Å². The molecule has 1 aliphatic rings. The van der Waals surface area contributed by atoms with Crippen molar-refractivity contribution in [2.24, 2.45) is 0 Å². The highest BCUT2D eigenvalue weighted by molar-refractivity contribution is 5.76. The monoisotopic (exact) mass is 1030 g/mol. The van der Waals surface area contributed by atoms with E-state index in [2.05, 4.69) is 153 Å². The molecule has 418 valence electrons. The summed E-state index contributed by atoms with van der Waals surface area (Å²) in [6.07, 6.45) is 74.8. The number of nitrogens with one attached hydrogen (secondary N) is 1. The molecule has 0 aliphatic carbocycles. The molecule has 74 heavy (non-hydrogen) atoms. The largest absolute Gasteiger partial charge is 0.394 e. The minimum atomic E-state index is -1.59. The summed E-state index contributed by atoms with van der Waals surface area (Å²) in [6.45, 7) is 3.61. The number of carbonyl (C=O) groups excluding carboxylic acids is 1. The lowest BCUT2D eigenvalue weighted by molar-refractivity contribution is -0.302. The summed E-state index contributed by atoms with van der Waals surface area (Å²) in [5.41, 5.74) is 0. The molecule has 6 N–H and O–H groups in total. The van der Waals surface area contributed by atoms with E-state index in [-0.39, 0.29) is 12.5 Å². The molecule has 1 amide bonds. The molecule has 0 aromatic heterocycles. The summed E-state index contributed by atoms with van der Waals surface area (Å²) in [5.74, 6) is -0.218. The van der Waals surface area contributed by atoms with E-state index >= 15 is 0 Å². The Morgan fingerprint density at radius 3 is 1.30 bits per heavy atom. The van der Waals surface area contributed by atoms with Crippen molar-refractivity contribution in [2.45, 2.75) is 243 Å². The maximum absolute atomic E-state index is 13.0. The number of carbonyl (C=O) groups is 1. The Morgan fingerprint density at radius 1 is 0.473 bits per heavy atom. The summed E-state index contributed by atoms with van der Waals surface area (Å²) in [4.78, 5) is 13.0. The average Bonchev–Trinajstić information content (AvgIpc) is 3.40. The van der Waals surface area contributed by atoms with E-state index in [4.69, 9.17) is 9.47 Å². The van der Waals surface area contributed by atoms with Crippen LogP contribution in [0.5, 0.6) is 0 Å². The van der Waals surface area contributed by atoms with Gasteiger partial charge in [0.15, 0.2) is 6.29 Å². The number of allylic oxidation sites excluding steroid dienone is 23. The van der Waals surface area contributed by atoms with Gasteiger partial charge in [0.1, 0.15) is 24.4 Å². The van der Waals surface area contributed by atoms with Gasteiger partial charge in [-0.25, -0.2) is 0 Å². The highest BCUT2D eigenvalue weighted by atomic mass is 16.7. The molecular formula is C65H105NO8. The van der Waals surface area contributed by atoms with Crippen LogP contribution in [0, 0.1) is 0 Å². The fraction of sp³-hybridized carbons (Fsp3) is 0.615. The second kappa shape index (κ2) is 52.5. The Bertz CT molecular complexity index is 1660. The van der Waals surface area contributed by atoms with Crippen molar-refractivity contribution in [3.8, 4) is 0 Å². The third-order valence-corrected chi connectivity index (χ3v) is 12.6. The Kier molecular flexibility index (Phi) is 48.3. The number of ether oxygens (including phenoxy) is 2. The van der Waals surface area contributed by atoms with Gasteiger partial charge in [-0.1, -0.05) is 230 Å². The Morgan fingerprint density at radius 2 is 0.851 bits per heavy atom. The first kappa shape index (κ1) is 68.1. The summed E-state index contributed by atoms with van der Waals surface area (Å²) >= 11 is 0. The van der Waals surface area contributed by atoms with E-state index in [1.54, 1.807) is 6.08 Å². The third-order valence-electron chi connectivity index (χ3n) is 12.6. The minimum Gasteiger partial charge on any atom is -0.394 e. The van der Waals surface area contributed by atoms with E-state index in [1.165, 1.54) is 64.2 Å². The van der Waals surface area contributed by atoms with Crippen LogP contribution in [0.2, 0.25) is 0 Å². The molecule has 0 aromatic rings. The van der Waals surface area contributed by atoms with E-state index < -0.39 is 49.5 Å². The molecule has 1 rings (SSSR count). The Balaban J connectivity index is 2.26. The van der Waals surface area contributed by atoms with Gasteiger partial charge in [-0.05, 0) is 109 Å². The van der Waals surface area contributed by atoms with Crippen LogP contribution in [0.1, 0.15) is 200 Å². The molecule has 9 nitrogen and oxygen atoms in total. The molecule has 7 unspecified atom stereocenters. The molecule has 7 atom stereocenters. The molecule has 0 aromatic carbocycles. The number of hydrogen-bond donors (Lipinski definition) is 6. The highest BCUT2D eigenvalue weighted by Crippen LogP contribution is 2.22. The summed E-state index contributed by atoms with van der Waals surface area (Å²) < 4.78 is 11.2. The van der Waals surface area contributed by atoms with Gasteiger partial charge in [0.25, 0.3) is 0 Å². The smallest absolute Gasteiger partial charge is 0.220 e. The first-order valence-electron chi connectivity index (χ1n) is 29.1. The standard InChI is InChI=1S/C65H105NO8/c1-3-5-7-9-11-13-15-17-19-21-22-23-24-25-26-27-28-29-30-31-32-33-34-35-36-37-38-39-41-43-45-47-49-51-53-55-61(69)66-58(57-73-65-64(72)63(71)62(70)60(56-67)74-65)59(68)54-52-50-48-46-44-42-40-20-18-16-14-12-10-8-6-4-2/h5,7,11,13,17,19,22-23,25-26,28-29,31-32,34-35,37-38,41,43-44,46,52,54,58-60,62-65,67-68,70-72H,3-4,6,8-10,12,14-16,18,20-21,24,27,30,33,36,39-40,42,45,47-51,53,55-57H2,1-2H3,(H,66,69)/b7-5-,13-11-,19-17-,23-22-,26-25-,29-28-,32-31-,35-34-,38-37-,43-41-,46-44+,54-52+. The van der Waals surface area contributed by atoms with Gasteiger partial charge in [-0.15, -0.1) is 0 Å². The number of unbranched alkanes of at least 4 members (excludes halogenated alkanes) is 15. The quantitative estimate of drug-likeness (QED) is 0.0261. The summed E-state index contributed by atoms with van der Waals surface area (Å²) in [7, 11) is 0. The molecule has 0 saturated carbocycles. The molecule has 0 radical (unpaired) electrons. The van der Waals surface area contributed by atoms with Crippen molar-refractivity contribution in [2.75, 3.05) is 13.2 Å². The minimum absolute atomic E-state index is 0.218. The second-order valence-electron chi connectivity index (χ2n) is 19.3. The van der Waals surface area contributed by atoms with Crippen LogP contribution in [0.25, 0.3) is 0 Å². The third kappa shape index (κ3) is 41.3. The Hall–Kier alpha value is -3.93. The van der Waals surface area contributed by atoms with E-state index in [1.807, 2.05) is 6.08 Å². The number of aliphatic hydroxyl groups excluding tert-OH is 5. The SMILES string of the molecule is CC/C=C\C/C=C\C/C=C\C/C=C\C/C=C\C/C=C\C/C=C\C/C=C\C/C=C\C/C=C\CCCCCCC(=O)NC(COC1OC(CO)C(O)C(O)C1O)C(O)/C=C/CC/C=C/CCCCCCCCCCCC. The number of hydrogen-bond acceptors (Lipinski definition) is 8. The van der Waals surface area contributed by atoms with Crippen molar-refractivity contribution in [1.29, 1.82) is 0 Å². The topological polar surface area (TPSA) is 149 Å². The zero-order valence-electron chi connectivity index (χ0n) is 46.3. The first-order valence-corrected chi connectivity index (χ1v) is 29.1. The normalized spacial score (nSPS) is 20.1. The molecule has 1 aliphatic heterocycles. The Labute approximate surface area is 451 Å². The van der Waals surface area contributed by atoms with Gasteiger partial charge in [-0.2, -0.15) is 0 Å². The van der Waals surface area contributed by atoms with Crippen LogP contribution in [0.15, 0.2) is 146 Å². The molecule has 0 bridgehead atoms. The van der Waals surface area contributed by atoms with E-state index in [0.29, 0.717) is 12.8 Å². The number of amides is 1. The van der Waals surface area contributed by atoms with Crippen LogP contribution < -0.4 is 5.32 Å². The summed E-state index contributed by atoms with van der Waals surface area (Å²) in [5, 5.41) is 54.4. The lowest BCUT2D eigenvalue weighted by atomic mass is 9.99. The first-order chi connectivity index (χ1) is 36.3. The molecule has 1 fully saturated rings. The van der Waals surface area contributed by atoms with Crippen LogP contribution >= 0.6 is 0 Å². The van der Waals surface area contributed by atoms with Crippen molar-refractivity contribution >= 4 is 5.91 Å². The highest BCUT2D eigenvalue weighted by Gasteiger charge is 2.44. The van der Waals surface area contributed by atoms with Crippen LogP contribution in [-0.2, 0) is 14.3 Å². The zero-order valence-corrected chi connectivity index (χ0v) is 46.3. The average molecular weight is 1030 g/mol. The van der Waals surface area contributed by atoms with Crippen LogP contribution in [0.3, 0.4) is 0 Å². The molecule has 9 heteroatoms. The predicted molar refractivity (Wildman–Crippen MR) is 313 cm³/mol. The maximum Gasteiger partial charge on any atom is 0.220 e. The van der Waals surface area contributed by atoms with Gasteiger partial charge in [0.05, 0.1) is 25.4 Å². The van der Waals surface area contributed by atoms with Crippen molar-refractivity contribution in [3.05, 3.63) is 146 Å². The second-order valence-corrected chi connectivity index (χ2v) is 19.3. The van der Waals surface area contributed by atoms with Crippen molar-refractivity contribution < 1.29 is 39.8 Å². The van der Waals surface area contributed by atoms with Crippen LogP contribution in [-0.4, -0.2) is 87.5 Å². The maximum atomic E-state index is 13.0. The molecule has 1 heterocycles. The van der Waals surface area contributed by atoms with Crippen molar-refractivity contribution in [1.82, 2.24) is 5.32 Å². The van der Waals surface area contributed by atoms with E-state index in [0.717, 1.165) is 109 Å². The lowest BCUT2D eigenvalue weighted by Gasteiger charge is -2.40. The fourth-order valence-electron chi connectivity index (χ4n) is 8.08. The van der Waals surface area contributed by atoms with Gasteiger partial charge in [-0.3, -0.25) is 4.79 Å². The predicted octanol–water partition coefficient (Wildman–Crippen LogP) is 14.7. The zero-order chi connectivity index (χ0) is 53.6. The number of aliphatic hydroxyl groups is 5. The molecule has 1 saturated heterocycles. The van der Waals surface area contributed by atoms with Crippen molar-refractivity contribution in [3.63, 3.8) is 0 Å². The van der Waals surface area contributed by atoms with Gasteiger partial charge < -0.3 is 40.3 Å². The lowest BCUT2D eigenvalue weighted by Crippen LogP contribution is -2.60. The van der Waals surface area contributed by atoms with E-state index in [9.17, 15) is 30.3 Å². The fourth-order valence-corrected chi connectivity index (χ4v) is 8.08. The molecular weight excluding hydrogens is 923 g/mol. The van der Waals surface area contributed by atoms with Gasteiger partial charge in [0, 0.05) is 6.42 Å². The summed E-state index contributed by atoms with van der Waals surface area (Å²) in [6, 6.07) is -0.847.